The number of amides is 2. The number of nitrogens with one attached hydrogen (secondary N) is 2. The molecule has 19 heavy (non-hydrogen) atoms. The molecule has 9 heteroatoms. The summed E-state index contributed by atoms with van der Waals surface area (Å²) in [6.45, 7) is 1.83. The maximum Gasteiger partial charge on any atom is 0.326 e. The first-order valence-electron chi connectivity index (χ1n) is 5.51. The molecule has 0 spiro atoms. The highest BCUT2D eigenvalue weighted by Gasteiger charge is 2.22. The molecule has 0 rings (SSSR count). The van der Waals surface area contributed by atoms with Gasteiger partial charge >= 0.3 is 23.9 Å². The van der Waals surface area contributed by atoms with Crippen molar-refractivity contribution in [2.75, 3.05) is 13.2 Å². The number of rotatable bonds is 8. The maximum absolute atomic E-state index is 11.2. The fourth-order valence-corrected chi connectivity index (χ4v) is 1.10. The number of carbonyl (C=O) groups is 4. The minimum atomic E-state index is -1.53. The third-order valence-electron chi connectivity index (χ3n) is 1.90. The standard InChI is InChI=1S/C10H16N2O7/c1-2-19-8(15)3-4-11-10(18)12-6(9(16)17)5-7(13)14/h6H,2-5H2,1H3,(H,13,14)(H,16,17)(H2,11,12,18)/t6-/m1/s1. The monoisotopic (exact) mass is 276 g/mol. The number of esters is 1. The molecule has 0 bridgehead atoms. The summed E-state index contributed by atoms with van der Waals surface area (Å²) < 4.78 is 4.61. The molecule has 2 amide bonds. The van der Waals surface area contributed by atoms with Crippen molar-refractivity contribution in [2.24, 2.45) is 0 Å². The van der Waals surface area contributed by atoms with Crippen molar-refractivity contribution in [2.45, 2.75) is 25.8 Å². The molecule has 9 nitrogen and oxygen atoms in total. The Hall–Kier alpha value is -2.32. The lowest BCUT2D eigenvalue weighted by Gasteiger charge is -2.13. The van der Waals surface area contributed by atoms with Crippen molar-refractivity contribution in [3.05, 3.63) is 0 Å². The van der Waals surface area contributed by atoms with E-state index in [1.54, 1.807) is 6.92 Å². The van der Waals surface area contributed by atoms with Gasteiger partial charge in [-0.1, -0.05) is 0 Å². The highest BCUT2D eigenvalue weighted by atomic mass is 16.5. The number of carboxylic acid groups (broad SMARTS) is 2. The van der Waals surface area contributed by atoms with Crippen LogP contribution in [0.3, 0.4) is 0 Å². The van der Waals surface area contributed by atoms with Crippen molar-refractivity contribution in [1.82, 2.24) is 10.6 Å². The highest BCUT2D eigenvalue weighted by molar-refractivity contribution is 5.86. The zero-order valence-corrected chi connectivity index (χ0v) is 10.3. The van der Waals surface area contributed by atoms with E-state index in [1.807, 2.05) is 5.32 Å². The smallest absolute Gasteiger partial charge is 0.326 e. The van der Waals surface area contributed by atoms with Gasteiger partial charge in [-0.15, -0.1) is 0 Å². The van der Waals surface area contributed by atoms with Gasteiger partial charge in [-0.05, 0) is 6.92 Å². The van der Waals surface area contributed by atoms with Gasteiger partial charge in [-0.2, -0.15) is 0 Å². The third kappa shape index (κ3) is 8.41. The van der Waals surface area contributed by atoms with Crippen molar-refractivity contribution in [1.29, 1.82) is 0 Å². The van der Waals surface area contributed by atoms with Crippen LogP contribution in [0.25, 0.3) is 0 Å². The second-order valence-electron chi connectivity index (χ2n) is 3.44. The maximum atomic E-state index is 11.2. The van der Waals surface area contributed by atoms with Crippen LogP contribution in [-0.4, -0.2) is 53.3 Å². The lowest BCUT2D eigenvalue weighted by Crippen LogP contribution is -2.47. The van der Waals surface area contributed by atoms with Gasteiger partial charge in [0.1, 0.15) is 6.04 Å². The lowest BCUT2D eigenvalue weighted by molar-refractivity contribution is -0.145. The molecule has 0 aliphatic heterocycles. The van der Waals surface area contributed by atoms with E-state index in [2.05, 4.69) is 10.1 Å². The molecule has 0 aromatic rings. The average molecular weight is 276 g/mol. The molecule has 0 unspecified atom stereocenters. The summed E-state index contributed by atoms with van der Waals surface area (Å²) in [6.07, 6.45) is -0.793. The number of carboxylic acids is 2. The number of hydrogen-bond acceptors (Lipinski definition) is 5. The predicted molar refractivity (Wildman–Crippen MR) is 61.5 cm³/mol. The highest BCUT2D eigenvalue weighted by Crippen LogP contribution is 1.93. The zero-order chi connectivity index (χ0) is 14.8. The normalized spacial score (nSPS) is 11.2. The van der Waals surface area contributed by atoms with Crippen LogP contribution in [0.4, 0.5) is 4.79 Å². The topological polar surface area (TPSA) is 142 Å². The van der Waals surface area contributed by atoms with Crippen molar-refractivity contribution in [3.8, 4) is 0 Å². The van der Waals surface area contributed by atoms with Crippen molar-refractivity contribution < 1.29 is 34.1 Å². The van der Waals surface area contributed by atoms with E-state index in [1.165, 1.54) is 0 Å². The molecule has 0 aliphatic rings. The lowest BCUT2D eigenvalue weighted by atomic mass is 10.2. The van der Waals surface area contributed by atoms with Crippen LogP contribution >= 0.6 is 0 Å². The molecular formula is C10H16N2O7. The van der Waals surface area contributed by atoms with Crippen LogP contribution in [0.2, 0.25) is 0 Å². The molecule has 0 heterocycles. The number of carbonyl (C=O) groups excluding carboxylic acids is 2. The third-order valence-corrected chi connectivity index (χ3v) is 1.90. The largest absolute Gasteiger partial charge is 0.481 e. The molecule has 0 saturated carbocycles. The second kappa shape index (κ2) is 8.72. The van der Waals surface area contributed by atoms with E-state index >= 15 is 0 Å². The van der Waals surface area contributed by atoms with Crippen LogP contribution in [0.1, 0.15) is 19.8 Å². The predicted octanol–water partition coefficient (Wildman–Crippen LogP) is -0.833. The summed E-state index contributed by atoms with van der Waals surface area (Å²) in [7, 11) is 0. The summed E-state index contributed by atoms with van der Waals surface area (Å²) in [6, 6.07) is -2.39. The fourth-order valence-electron chi connectivity index (χ4n) is 1.10. The van der Waals surface area contributed by atoms with Gasteiger partial charge < -0.3 is 25.6 Å². The fraction of sp³-hybridized carbons (Fsp3) is 0.600. The van der Waals surface area contributed by atoms with E-state index in [0.717, 1.165) is 0 Å². The van der Waals surface area contributed by atoms with Gasteiger partial charge in [-0.25, -0.2) is 9.59 Å². The Balaban J connectivity index is 4.03. The average Bonchev–Trinajstić information content (AvgIpc) is 2.27. The van der Waals surface area contributed by atoms with Gasteiger partial charge in [0.25, 0.3) is 0 Å². The Bertz CT molecular complexity index is 356. The summed E-state index contributed by atoms with van der Waals surface area (Å²) in [5.41, 5.74) is 0. The molecule has 0 aromatic heterocycles. The van der Waals surface area contributed by atoms with Gasteiger partial charge in [0.2, 0.25) is 0 Å². The second-order valence-corrected chi connectivity index (χ2v) is 3.44. The molecule has 0 saturated heterocycles. The Morgan fingerprint density at radius 3 is 2.32 bits per heavy atom. The van der Waals surface area contributed by atoms with Gasteiger partial charge in [0.15, 0.2) is 0 Å². The van der Waals surface area contributed by atoms with Crippen LogP contribution in [0.5, 0.6) is 0 Å². The number of aliphatic carboxylic acids is 2. The van der Waals surface area contributed by atoms with E-state index in [9.17, 15) is 19.2 Å². The minimum Gasteiger partial charge on any atom is -0.481 e. The molecular weight excluding hydrogens is 260 g/mol. The van der Waals surface area contributed by atoms with Crippen LogP contribution < -0.4 is 10.6 Å². The molecule has 0 aliphatic carbocycles. The van der Waals surface area contributed by atoms with E-state index < -0.39 is 36.4 Å². The summed E-state index contributed by atoms with van der Waals surface area (Å²) in [5.74, 6) is -3.30. The SMILES string of the molecule is CCOC(=O)CCNC(=O)N[C@H](CC(=O)O)C(=O)O. The van der Waals surface area contributed by atoms with Crippen LogP contribution in [0.15, 0.2) is 0 Å². The first kappa shape index (κ1) is 16.7. The Morgan fingerprint density at radius 2 is 1.84 bits per heavy atom. The van der Waals surface area contributed by atoms with Crippen LogP contribution in [-0.2, 0) is 19.1 Å². The number of urea groups is 1. The summed E-state index contributed by atoms with van der Waals surface area (Å²) in [5, 5.41) is 21.3. The zero-order valence-electron chi connectivity index (χ0n) is 10.3. The molecule has 108 valence electrons. The Labute approximate surface area is 108 Å². The summed E-state index contributed by atoms with van der Waals surface area (Å²) >= 11 is 0. The van der Waals surface area contributed by atoms with Gasteiger partial charge in [0.05, 0.1) is 19.4 Å². The van der Waals surface area contributed by atoms with E-state index in [4.69, 9.17) is 10.2 Å². The Morgan fingerprint density at radius 1 is 1.21 bits per heavy atom. The number of ether oxygens (including phenoxy) is 1. The van der Waals surface area contributed by atoms with E-state index in [0.29, 0.717) is 0 Å². The molecule has 0 aromatic carbocycles. The van der Waals surface area contributed by atoms with Crippen molar-refractivity contribution >= 4 is 23.9 Å². The molecule has 0 radical (unpaired) electrons. The first-order valence-corrected chi connectivity index (χ1v) is 5.51. The molecule has 1 atom stereocenters. The molecule has 4 N–H and O–H groups in total. The Kier molecular flexibility index (Phi) is 7.66. The summed E-state index contributed by atoms with van der Waals surface area (Å²) in [4.78, 5) is 43.2. The van der Waals surface area contributed by atoms with Gasteiger partial charge in [-0.3, -0.25) is 9.59 Å². The minimum absolute atomic E-state index is 0.0376. The van der Waals surface area contributed by atoms with E-state index in [-0.39, 0.29) is 19.6 Å². The quantitative estimate of drug-likeness (QED) is 0.423. The number of hydrogen-bond donors (Lipinski definition) is 4. The van der Waals surface area contributed by atoms with Crippen molar-refractivity contribution in [3.63, 3.8) is 0 Å². The first-order chi connectivity index (χ1) is 8.86. The van der Waals surface area contributed by atoms with Crippen LogP contribution in [0, 0.1) is 0 Å². The molecule has 0 fully saturated rings. The van der Waals surface area contributed by atoms with Gasteiger partial charge in [0, 0.05) is 6.54 Å².